The Morgan fingerprint density at radius 2 is 1.24 bits per heavy atom. The Labute approximate surface area is 122 Å². The van der Waals surface area contributed by atoms with Crippen LogP contribution in [0.4, 0.5) is 0 Å². The van der Waals surface area contributed by atoms with E-state index in [1.807, 2.05) is 48.5 Å². The van der Waals surface area contributed by atoms with E-state index in [0.717, 1.165) is 15.8 Å². The third-order valence-corrected chi connectivity index (χ3v) is 3.72. The van der Waals surface area contributed by atoms with E-state index < -0.39 is 0 Å². The fourth-order valence-electron chi connectivity index (χ4n) is 1.28. The molecule has 2 rings (SSSR count). The van der Waals surface area contributed by atoms with Crippen LogP contribution in [0.15, 0.2) is 53.4 Å². The maximum atomic E-state index is 5.82. The predicted octanol–water partition coefficient (Wildman–Crippen LogP) is 5.71. The normalized spacial score (nSPS) is 9.76. The molecule has 0 aromatic heterocycles. The number of rotatable bonds is 3. The zero-order valence-electron chi connectivity index (χ0n) is 8.90. The molecule has 0 aliphatic heterocycles. The lowest BCUT2D eigenvalue weighted by Gasteiger charge is -2.02. The highest BCUT2D eigenvalue weighted by Crippen LogP contribution is 2.24. The summed E-state index contributed by atoms with van der Waals surface area (Å²) in [5.41, 5.74) is 1.27. The zero-order chi connectivity index (χ0) is 11.4. The third kappa shape index (κ3) is 4.81. The van der Waals surface area contributed by atoms with Crippen molar-refractivity contribution >= 4 is 47.4 Å². The lowest BCUT2D eigenvalue weighted by Crippen LogP contribution is -1.79. The molecular weight excluding hydrogens is 295 g/mol. The maximum Gasteiger partial charge on any atom is 0.0406 e. The van der Waals surface area contributed by atoms with Crippen molar-refractivity contribution in [3.05, 3.63) is 64.1 Å². The minimum Gasteiger partial charge on any atom is -0.147 e. The third-order valence-electron chi connectivity index (χ3n) is 2.13. The van der Waals surface area contributed by atoms with Gasteiger partial charge in [-0.3, -0.25) is 0 Å². The van der Waals surface area contributed by atoms with E-state index in [9.17, 15) is 0 Å². The first kappa shape index (κ1) is 14.7. The van der Waals surface area contributed by atoms with E-state index in [1.165, 1.54) is 10.5 Å². The van der Waals surface area contributed by atoms with Gasteiger partial charge in [0.2, 0.25) is 0 Å². The molecule has 0 aliphatic carbocycles. The maximum absolute atomic E-state index is 5.82. The number of hydrogen-bond acceptors (Lipinski definition) is 1. The predicted molar refractivity (Wildman–Crippen MR) is 79.7 cm³/mol. The largest absolute Gasteiger partial charge is 0.147 e. The van der Waals surface area contributed by atoms with Crippen LogP contribution in [0.25, 0.3) is 0 Å². The molecule has 0 N–H and O–H groups in total. The van der Waals surface area contributed by atoms with Gasteiger partial charge in [-0.2, -0.15) is 0 Å². The summed E-state index contributed by atoms with van der Waals surface area (Å²) < 4.78 is 0. The van der Waals surface area contributed by atoms with Crippen LogP contribution in [-0.4, -0.2) is 0 Å². The number of thioether (sulfide) groups is 1. The molecule has 0 radical (unpaired) electrons. The molecule has 0 saturated heterocycles. The van der Waals surface area contributed by atoms with Crippen LogP contribution in [0, 0.1) is 0 Å². The van der Waals surface area contributed by atoms with Crippen LogP contribution in [0.5, 0.6) is 0 Å². The zero-order valence-corrected chi connectivity index (χ0v) is 12.0. The van der Waals surface area contributed by atoms with Crippen LogP contribution in [0.3, 0.4) is 0 Å². The van der Waals surface area contributed by atoms with E-state index in [0.29, 0.717) is 0 Å². The Morgan fingerprint density at radius 1 is 0.765 bits per heavy atom. The Hall–Kier alpha value is -0.340. The summed E-state index contributed by atoms with van der Waals surface area (Å²) in [7, 11) is 0. The molecule has 0 aliphatic rings. The summed E-state index contributed by atoms with van der Waals surface area (Å²) in [5, 5.41) is 1.55. The molecule has 2 aromatic rings. The first-order valence-corrected chi connectivity index (χ1v) is 6.61. The molecule has 0 heterocycles. The molecule has 90 valence electrons. The van der Waals surface area contributed by atoms with Crippen LogP contribution in [0.1, 0.15) is 5.56 Å². The second kappa shape index (κ2) is 7.17. The van der Waals surface area contributed by atoms with Gasteiger partial charge < -0.3 is 0 Å². The van der Waals surface area contributed by atoms with Crippen LogP contribution in [0.2, 0.25) is 10.0 Å². The van der Waals surface area contributed by atoms with Crippen molar-refractivity contribution in [2.75, 3.05) is 0 Å². The van der Waals surface area contributed by atoms with Crippen LogP contribution < -0.4 is 0 Å². The van der Waals surface area contributed by atoms with E-state index in [2.05, 4.69) is 0 Å². The van der Waals surface area contributed by atoms with E-state index in [1.54, 1.807) is 11.8 Å². The second-order valence-electron chi connectivity index (χ2n) is 3.37. The minimum atomic E-state index is 0. The fourth-order valence-corrected chi connectivity index (χ4v) is 2.38. The first-order valence-electron chi connectivity index (χ1n) is 4.87. The molecule has 0 unspecified atom stereocenters. The van der Waals surface area contributed by atoms with E-state index >= 15 is 0 Å². The molecule has 0 spiro atoms. The van der Waals surface area contributed by atoms with Crippen molar-refractivity contribution in [3.8, 4) is 0 Å². The minimum absolute atomic E-state index is 0. The summed E-state index contributed by atoms with van der Waals surface area (Å²) in [6.45, 7) is 0. The van der Waals surface area contributed by atoms with Crippen LogP contribution in [-0.2, 0) is 5.75 Å². The quantitative estimate of drug-likeness (QED) is 0.655. The second-order valence-corrected chi connectivity index (χ2v) is 5.29. The van der Waals surface area contributed by atoms with Crippen molar-refractivity contribution in [1.29, 1.82) is 0 Å². The van der Waals surface area contributed by atoms with Crippen molar-refractivity contribution in [1.82, 2.24) is 0 Å². The molecule has 0 fully saturated rings. The Kier molecular flexibility index (Phi) is 6.21. The van der Waals surface area contributed by atoms with Gasteiger partial charge in [-0.1, -0.05) is 35.3 Å². The average Bonchev–Trinajstić information content (AvgIpc) is 2.30. The highest BCUT2D eigenvalue weighted by Gasteiger charge is 1.96. The molecule has 0 bridgehead atoms. The molecule has 0 atom stereocenters. The van der Waals surface area contributed by atoms with Gasteiger partial charge in [0.1, 0.15) is 0 Å². The summed E-state index contributed by atoms with van der Waals surface area (Å²) in [5.74, 6) is 0.943. The number of benzene rings is 2. The molecule has 17 heavy (non-hydrogen) atoms. The van der Waals surface area contributed by atoms with Gasteiger partial charge in [-0.25, -0.2) is 0 Å². The topological polar surface area (TPSA) is 0 Å². The van der Waals surface area contributed by atoms with E-state index in [-0.39, 0.29) is 12.4 Å². The number of halogens is 3. The van der Waals surface area contributed by atoms with Gasteiger partial charge in [-0.15, -0.1) is 24.2 Å². The van der Waals surface area contributed by atoms with Crippen molar-refractivity contribution < 1.29 is 0 Å². The summed E-state index contributed by atoms with van der Waals surface area (Å²) in [6.07, 6.45) is 0. The molecular formula is C13H11Cl3S. The first-order chi connectivity index (χ1) is 7.74. The number of hydrogen-bond donors (Lipinski definition) is 0. The Bertz CT molecular complexity index is 406. The van der Waals surface area contributed by atoms with Gasteiger partial charge in [0, 0.05) is 20.7 Å². The standard InChI is InChI=1S/C13H10Cl2S.ClH/c14-11-3-1-10(2-4-11)9-16-13-7-5-12(15)6-8-13;/h1-8H,9H2;1H. The van der Waals surface area contributed by atoms with Crippen molar-refractivity contribution in [2.24, 2.45) is 0 Å². The van der Waals surface area contributed by atoms with Crippen molar-refractivity contribution in [2.45, 2.75) is 10.6 Å². The summed E-state index contributed by atoms with van der Waals surface area (Å²) >= 11 is 13.4. The smallest absolute Gasteiger partial charge is 0.0406 e. The van der Waals surface area contributed by atoms with Gasteiger partial charge >= 0.3 is 0 Å². The van der Waals surface area contributed by atoms with Crippen LogP contribution >= 0.6 is 47.4 Å². The summed E-state index contributed by atoms with van der Waals surface area (Å²) in [6, 6.07) is 15.8. The average molecular weight is 306 g/mol. The Morgan fingerprint density at radius 3 is 1.76 bits per heavy atom. The van der Waals surface area contributed by atoms with Crippen molar-refractivity contribution in [3.63, 3.8) is 0 Å². The lowest BCUT2D eigenvalue weighted by molar-refractivity contribution is 1.38. The van der Waals surface area contributed by atoms with Gasteiger partial charge in [0.15, 0.2) is 0 Å². The fraction of sp³-hybridized carbons (Fsp3) is 0.0769. The SMILES string of the molecule is Cl.Clc1ccc(CSc2ccc(Cl)cc2)cc1. The lowest BCUT2D eigenvalue weighted by atomic mass is 10.2. The molecule has 0 amide bonds. The molecule has 4 heteroatoms. The molecule has 2 aromatic carbocycles. The Balaban J connectivity index is 0.00000144. The van der Waals surface area contributed by atoms with Gasteiger partial charge in [-0.05, 0) is 42.0 Å². The highest BCUT2D eigenvalue weighted by atomic mass is 35.5. The summed E-state index contributed by atoms with van der Waals surface area (Å²) in [4.78, 5) is 1.22. The highest BCUT2D eigenvalue weighted by molar-refractivity contribution is 7.98. The van der Waals surface area contributed by atoms with Gasteiger partial charge in [0.05, 0.1) is 0 Å². The van der Waals surface area contributed by atoms with E-state index in [4.69, 9.17) is 23.2 Å². The molecule has 0 saturated carbocycles. The van der Waals surface area contributed by atoms with Gasteiger partial charge in [0.25, 0.3) is 0 Å². The molecule has 0 nitrogen and oxygen atoms in total. The monoisotopic (exact) mass is 304 g/mol.